The largest absolute Gasteiger partial charge is 0.353 e. The molecule has 4 rings (SSSR count). The Bertz CT molecular complexity index is 754. The number of thiophene rings is 1. The van der Waals surface area contributed by atoms with E-state index in [0.29, 0.717) is 6.54 Å². The van der Waals surface area contributed by atoms with Crippen LogP contribution in [0.1, 0.15) is 23.8 Å². The predicted molar refractivity (Wildman–Crippen MR) is 92.9 cm³/mol. The summed E-state index contributed by atoms with van der Waals surface area (Å²) >= 11 is 1.86. The predicted octanol–water partition coefficient (Wildman–Crippen LogP) is 2.46. The number of aryl methyl sites for hydroxylation is 1. The number of fused-ring (bicyclic) bond motifs is 3. The molecule has 5 nitrogen and oxygen atoms in total. The zero-order chi connectivity index (χ0) is 15.8. The summed E-state index contributed by atoms with van der Waals surface area (Å²) < 4.78 is 0. The SMILES string of the molecule is C[C@H]1CCc2sc3ncnc(N4CCN(CC#N)CC4)c3c2C1. The van der Waals surface area contributed by atoms with Crippen molar-refractivity contribution in [2.45, 2.75) is 26.2 Å². The molecule has 120 valence electrons. The van der Waals surface area contributed by atoms with E-state index in [4.69, 9.17) is 5.26 Å². The van der Waals surface area contributed by atoms with Crippen LogP contribution in [0, 0.1) is 17.2 Å². The summed E-state index contributed by atoms with van der Waals surface area (Å²) in [6.45, 7) is 6.61. The summed E-state index contributed by atoms with van der Waals surface area (Å²) in [5.74, 6) is 1.86. The van der Waals surface area contributed by atoms with Crippen molar-refractivity contribution in [3.05, 3.63) is 16.8 Å². The average Bonchev–Trinajstić information content (AvgIpc) is 2.94. The molecule has 0 aromatic carbocycles. The molecule has 1 fully saturated rings. The molecule has 1 saturated heterocycles. The Morgan fingerprint density at radius 3 is 2.91 bits per heavy atom. The molecule has 0 saturated carbocycles. The minimum atomic E-state index is 0.526. The Labute approximate surface area is 140 Å². The summed E-state index contributed by atoms with van der Waals surface area (Å²) in [5, 5.41) is 10.1. The zero-order valence-corrected chi connectivity index (χ0v) is 14.3. The third-order valence-electron chi connectivity index (χ3n) is 5.03. The molecule has 0 unspecified atom stereocenters. The van der Waals surface area contributed by atoms with E-state index in [1.807, 2.05) is 11.3 Å². The Morgan fingerprint density at radius 2 is 2.13 bits per heavy atom. The van der Waals surface area contributed by atoms with Crippen molar-refractivity contribution in [3.8, 4) is 6.07 Å². The number of hydrogen-bond donors (Lipinski definition) is 0. The summed E-state index contributed by atoms with van der Waals surface area (Å²) in [6.07, 6.45) is 5.34. The second-order valence-corrected chi connectivity index (χ2v) is 7.73. The second-order valence-electron chi connectivity index (χ2n) is 6.65. The minimum absolute atomic E-state index is 0.526. The van der Waals surface area contributed by atoms with Crippen LogP contribution >= 0.6 is 11.3 Å². The van der Waals surface area contributed by atoms with Gasteiger partial charge < -0.3 is 4.90 Å². The maximum absolute atomic E-state index is 8.85. The van der Waals surface area contributed by atoms with Gasteiger partial charge in [0, 0.05) is 31.1 Å². The van der Waals surface area contributed by atoms with Crippen molar-refractivity contribution in [1.29, 1.82) is 5.26 Å². The molecule has 6 heteroatoms. The number of hydrogen-bond acceptors (Lipinski definition) is 6. The highest BCUT2D eigenvalue weighted by atomic mass is 32.1. The van der Waals surface area contributed by atoms with E-state index in [1.165, 1.54) is 28.7 Å². The highest BCUT2D eigenvalue weighted by Gasteiger charge is 2.26. The van der Waals surface area contributed by atoms with Crippen molar-refractivity contribution in [3.63, 3.8) is 0 Å². The maximum atomic E-state index is 8.85. The first-order chi connectivity index (χ1) is 11.3. The van der Waals surface area contributed by atoms with E-state index in [0.717, 1.165) is 49.2 Å². The molecular weight excluding hydrogens is 306 g/mol. The van der Waals surface area contributed by atoms with Gasteiger partial charge in [0.05, 0.1) is 18.0 Å². The molecule has 0 spiro atoms. The fraction of sp³-hybridized carbons (Fsp3) is 0.588. The van der Waals surface area contributed by atoms with Crippen molar-refractivity contribution in [2.75, 3.05) is 37.6 Å². The topological polar surface area (TPSA) is 56.1 Å². The van der Waals surface area contributed by atoms with E-state index in [2.05, 4.69) is 32.8 Å². The first kappa shape index (κ1) is 14.9. The van der Waals surface area contributed by atoms with Crippen LogP contribution in [0.4, 0.5) is 5.82 Å². The van der Waals surface area contributed by atoms with Crippen LogP contribution in [0.2, 0.25) is 0 Å². The van der Waals surface area contributed by atoms with Crippen molar-refractivity contribution < 1.29 is 0 Å². The van der Waals surface area contributed by atoms with Crippen LogP contribution in [0.3, 0.4) is 0 Å². The van der Waals surface area contributed by atoms with Gasteiger partial charge in [0.2, 0.25) is 0 Å². The normalized spacial score (nSPS) is 22.1. The average molecular weight is 327 g/mol. The van der Waals surface area contributed by atoms with Gasteiger partial charge in [-0.25, -0.2) is 9.97 Å². The van der Waals surface area contributed by atoms with E-state index >= 15 is 0 Å². The van der Waals surface area contributed by atoms with Crippen molar-refractivity contribution in [1.82, 2.24) is 14.9 Å². The fourth-order valence-corrected chi connectivity index (χ4v) is 4.90. The molecule has 0 N–H and O–H groups in total. The number of anilines is 1. The van der Waals surface area contributed by atoms with E-state index in [9.17, 15) is 0 Å². The van der Waals surface area contributed by atoms with Gasteiger partial charge >= 0.3 is 0 Å². The molecule has 2 aromatic heterocycles. The number of piperazine rings is 1. The minimum Gasteiger partial charge on any atom is -0.353 e. The van der Waals surface area contributed by atoms with Gasteiger partial charge in [-0.05, 0) is 30.7 Å². The van der Waals surface area contributed by atoms with Crippen LogP contribution in [0.5, 0.6) is 0 Å². The monoisotopic (exact) mass is 327 g/mol. The highest BCUT2D eigenvalue weighted by molar-refractivity contribution is 7.19. The van der Waals surface area contributed by atoms with Crippen LogP contribution in [-0.2, 0) is 12.8 Å². The van der Waals surface area contributed by atoms with Crippen LogP contribution in [-0.4, -0.2) is 47.6 Å². The lowest BCUT2D eigenvalue weighted by Gasteiger charge is -2.34. The van der Waals surface area contributed by atoms with Gasteiger partial charge in [-0.15, -0.1) is 11.3 Å². The van der Waals surface area contributed by atoms with Gasteiger partial charge in [0.15, 0.2) is 0 Å². The molecular formula is C17H21N5S. The summed E-state index contributed by atoms with van der Waals surface area (Å²) in [4.78, 5) is 16.4. The maximum Gasteiger partial charge on any atom is 0.141 e. The Hall–Kier alpha value is -1.71. The Morgan fingerprint density at radius 1 is 1.30 bits per heavy atom. The quantitative estimate of drug-likeness (QED) is 0.793. The fourth-order valence-electron chi connectivity index (χ4n) is 3.72. The van der Waals surface area contributed by atoms with Gasteiger partial charge in [-0.2, -0.15) is 5.26 Å². The molecule has 0 amide bonds. The van der Waals surface area contributed by atoms with Gasteiger partial charge in [0.1, 0.15) is 17.0 Å². The van der Waals surface area contributed by atoms with Gasteiger partial charge in [-0.3, -0.25) is 4.90 Å². The zero-order valence-electron chi connectivity index (χ0n) is 13.5. The van der Waals surface area contributed by atoms with Gasteiger partial charge in [0.25, 0.3) is 0 Å². The van der Waals surface area contributed by atoms with Crippen LogP contribution in [0.15, 0.2) is 6.33 Å². The van der Waals surface area contributed by atoms with Crippen LogP contribution in [0.25, 0.3) is 10.2 Å². The molecule has 3 heterocycles. The first-order valence-electron chi connectivity index (χ1n) is 8.35. The molecule has 2 aliphatic rings. The number of rotatable bonds is 2. The van der Waals surface area contributed by atoms with Gasteiger partial charge in [-0.1, -0.05) is 6.92 Å². The lowest BCUT2D eigenvalue weighted by Crippen LogP contribution is -2.46. The molecule has 1 aliphatic carbocycles. The van der Waals surface area contributed by atoms with Crippen molar-refractivity contribution in [2.24, 2.45) is 5.92 Å². The summed E-state index contributed by atoms with van der Waals surface area (Å²) in [5.41, 5.74) is 1.50. The number of nitriles is 1. The lowest BCUT2D eigenvalue weighted by molar-refractivity contribution is 0.286. The third-order valence-corrected chi connectivity index (χ3v) is 6.23. The lowest BCUT2D eigenvalue weighted by atomic mass is 9.88. The highest BCUT2D eigenvalue weighted by Crippen LogP contribution is 2.40. The standard InChI is InChI=1S/C17H21N5S/c1-12-2-3-14-13(10-12)15-16(19-11-20-17(15)23-14)22-8-6-21(5-4-18)7-9-22/h11-12H,2-3,5-10H2,1H3/t12-/m0/s1. The Kier molecular flexibility index (Phi) is 3.92. The van der Waals surface area contributed by atoms with Crippen LogP contribution < -0.4 is 4.90 Å². The summed E-state index contributed by atoms with van der Waals surface area (Å²) in [6, 6.07) is 2.25. The molecule has 2 aromatic rings. The number of nitrogens with zero attached hydrogens (tertiary/aromatic N) is 5. The molecule has 1 aliphatic heterocycles. The van der Waals surface area contributed by atoms with Crippen molar-refractivity contribution >= 4 is 27.4 Å². The smallest absolute Gasteiger partial charge is 0.141 e. The Balaban J connectivity index is 1.68. The molecule has 0 bridgehead atoms. The molecule has 1 atom stereocenters. The van der Waals surface area contributed by atoms with E-state index < -0.39 is 0 Å². The third kappa shape index (κ3) is 2.68. The number of aromatic nitrogens is 2. The summed E-state index contributed by atoms with van der Waals surface area (Å²) in [7, 11) is 0. The first-order valence-corrected chi connectivity index (χ1v) is 9.17. The van der Waals surface area contributed by atoms with E-state index in [-0.39, 0.29) is 0 Å². The molecule has 23 heavy (non-hydrogen) atoms. The second kappa shape index (κ2) is 6.06. The molecule has 0 radical (unpaired) electrons. The van der Waals surface area contributed by atoms with E-state index in [1.54, 1.807) is 6.33 Å².